The molecule has 16 heteroatoms. The minimum absolute atomic E-state index is 0.0380. The number of aliphatic imine (C=N–C) groups is 1. The number of ether oxygens (including phenoxy) is 1. The van der Waals surface area contributed by atoms with Gasteiger partial charge in [0.1, 0.15) is 18.5 Å². The highest BCUT2D eigenvalue weighted by atomic mass is 35.5. The maximum atomic E-state index is 12.2. The van der Waals surface area contributed by atoms with E-state index in [-0.39, 0.29) is 41.7 Å². The lowest BCUT2D eigenvalue weighted by Gasteiger charge is -2.10. The molecule has 1 atom stereocenters. The van der Waals surface area contributed by atoms with Crippen LogP contribution < -0.4 is 27.3 Å². The third-order valence-electron chi connectivity index (χ3n) is 4.09. The molecule has 14 nitrogen and oxygen atoms in total. The monoisotopic (exact) mass is 547 g/mol. The number of guanidine groups is 1. The van der Waals surface area contributed by atoms with Gasteiger partial charge in [0.05, 0.1) is 12.9 Å². The Morgan fingerprint density at radius 3 is 2.39 bits per heavy atom. The number of aliphatic hydroxyl groups is 2. The van der Waals surface area contributed by atoms with Crippen LogP contribution in [-0.4, -0.2) is 77.1 Å². The lowest BCUT2D eigenvalue weighted by molar-refractivity contribution is 0.0536. The average molecular weight is 548 g/mol. The van der Waals surface area contributed by atoms with Crippen LogP contribution in [0.15, 0.2) is 29.3 Å². The summed E-state index contributed by atoms with van der Waals surface area (Å²) in [7, 11) is -3.67. The van der Waals surface area contributed by atoms with Crippen LogP contribution in [0.5, 0.6) is 5.75 Å². The highest BCUT2D eigenvalue weighted by molar-refractivity contribution is 7.85. The van der Waals surface area contributed by atoms with Crippen molar-refractivity contribution in [3.8, 4) is 5.75 Å². The van der Waals surface area contributed by atoms with Gasteiger partial charge in [0.15, 0.2) is 28.4 Å². The van der Waals surface area contributed by atoms with E-state index >= 15 is 0 Å². The number of rotatable bonds is 10. The molecule has 0 fully saturated rings. The van der Waals surface area contributed by atoms with Crippen LogP contribution in [0, 0.1) is 0 Å². The van der Waals surface area contributed by atoms with Gasteiger partial charge < -0.3 is 32.2 Å². The SMILES string of the molecule is CS(=O)(=O)O.NC(=NCCCCc1ccc(OC[C@H](O)CO)cc1)NC(=O)c1nc(Cl)c(N)nc1N. The van der Waals surface area contributed by atoms with Crippen molar-refractivity contribution in [3.63, 3.8) is 0 Å². The molecule has 0 spiro atoms. The van der Waals surface area contributed by atoms with E-state index in [0.29, 0.717) is 18.6 Å². The predicted octanol–water partition coefficient (Wildman–Crippen LogP) is -0.402. The summed E-state index contributed by atoms with van der Waals surface area (Å²) in [5.41, 5.74) is 17.8. The Morgan fingerprint density at radius 1 is 1.19 bits per heavy atom. The highest BCUT2D eigenvalue weighted by Gasteiger charge is 2.16. The van der Waals surface area contributed by atoms with Gasteiger partial charge in [-0.2, -0.15) is 8.42 Å². The Morgan fingerprint density at radius 2 is 1.81 bits per heavy atom. The van der Waals surface area contributed by atoms with Crippen LogP contribution in [0.3, 0.4) is 0 Å². The van der Waals surface area contributed by atoms with Gasteiger partial charge in [0.25, 0.3) is 16.0 Å². The van der Waals surface area contributed by atoms with E-state index in [1.165, 1.54) is 0 Å². The van der Waals surface area contributed by atoms with Gasteiger partial charge in [-0.1, -0.05) is 23.7 Å². The summed E-state index contributed by atoms with van der Waals surface area (Å²) >= 11 is 5.76. The first-order chi connectivity index (χ1) is 16.8. The van der Waals surface area contributed by atoms with Crippen LogP contribution in [0.25, 0.3) is 0 Å². The number of aliphatic hydroxyl groups excluding tert-OH is 2. The van der Waals surface area contributed by atoms with Crippen molar-refractivity contribution in [2.24, 2.45) is 10.7 Å². The number of aromatic nitrogens is 2. The smallest absolute Gasteiger partial charge is 0.280 e. The molecular formula is C20H30ClN7O7S. The van der Waals surface area contributed by atoms with Crippen molar-refractivity contribution in [3.05, 3.63) is 40.7 Å². The molecule has 0 saturated heterocycles. The second kappa shape index (κ2) is 15.0. The Kier molecular flexibility index (Phi) is 12.8. The zero-order valence-electron chi connectivity index (χ0n) is 19.5. The van der Waals surface area contributed by atoms with Gasteiger partial charge in [-0.3, -0.25) is 19.7 Å². The fraction of sp³-hybridized carbons (Fsp3) is 0.400. The molecule has 0 aliphatic rings. The molecule has 0 saturated carbocycles. The Bertz CT molecular complexity index is 1120. The Balaban J connectivity index is 0.00000118. The number of hydrogen-bond acceptors (Lipinski definition) is 11. The normalized spacial score (nSPS) is 12.3. The van der Waals surface area contributed by atoms with E-state index < -0.39 is 22.1 Å². The highest BCUT2D eigenvalue weighted by Crippen LogP contribution is 2.17. The first kappa shape index (κ1) is 30.8. The van der Waals surface area contributed by atoms with Crippen molar-refractivity contribution in [2.45, 2.75) is 25.4 Å². The van der Waals surface area contributed by atoms with Gasteiger partial charge in [0.2, 0.25) is 0 Å². The molecule has 1 amide bonds. The fourth-order valence-corrected chi connectivity index (χ4v) is 2.59. The number of nitrogens with one attached hydrogen (secondary N) is 1. The number of aryl methyl sites for hydroxylation is 1. The topological polar surface area (TPSA) is 249 Å². The quantitative estimate of drug-likeness (QED) is 0.0867. The third kappa shape index (κ3) is 13.0. The minimum atomic E-state index is -3.67. The number of nitrogen functional groups attached to an aromatic ring is 2. The number of carbonyl (C=O) groups is 1. The van der Waals surface area contributed by atoms with Crippen LogP contribution >= 0.6 is 11.6 Å². The summed E-state index contributed by atoms with van der Waals surface area (Å²) in [5.74, 6) is -0.349. The maximum Gasteiger partial charge on any atom is 0.280 e. The number of carbonyl (C=O) groups excluding carboxylic acids is 1. The molecule has 36 heavy (non-hydrogen) atoms. The number of amides is 1. The molecule has 200 valence electrons. The molecule has 0 aliphatic heterocycles. The lowest BCUT2D eigenvalue weighted by Crippen LogP contribution is -2.38. The van der Waals surface area contributed by atoms with Crippen molar-refractivity contribution in [1.29, 1.82) is 0 Å². The van der Waals surface area contributed by atoms with Crippen LogP contribution in [0.2, 0.25) is 5.15 Å². The van der Waals surface area contributed by atoms with E-state index in [2.05, 4.69) is 20.3 Å². The van der Waals surface area contributed by atoms with E-state index in [1.807, 2.05) is 24.3 Å². The number of anilines is 2. The average Bonchev–Trinajstić information content (AvgIpc) is 2.79. The van der Waals surface area contributed by atoms with Gasteiger partial charge in [-0.15, -0.1) is 0 Å². The molecule has 0 bridgehead atoms. The molecule has 0 aliphatic carbocycles. The first-order valence-electron chi connectivity index (χ1n) is 10.4. The molecule has 2 rings (SSSR count). The molecule has 1 heterocycles. The zero-order chi connectivity index (χ0) is 27.3. The largest absolute Gasteiger partial charge is 0.491 e. The van der Waals surface area contributed by atoms with Crippen molar-refractivity contribution in [1.82, 2.24) is 15.3 Å². The summed E-state index contributed by atoms with van der Waals surface area (Å²) in [5, 5.41) is 20.3. The Hall–Kier alpha value is -3.24. The number of benzene rings is 1. The number of unbranched alkanes of at least 4 members (excludes halogenated alkanes) is 1. The summed E-state index contributed by atoms with van der Waals surface area (Å²) in [4.78, 5) is 23.8. The van der Waals surface area contributed by atoms with E-state index in [1.54, 1.807) is 0 Å². The van der Waals surface area contributed by atoms with Crippen molar-refractivity contribution < 1.29 is 32.7 Å². The van der Waals surface area contributed by atoms with Crippen molar-refractivity contribution in [2.75, 3.05) is 37.5 Å². The number of nitrogens with two attached hydrogens (primary N) is 3. The molecule has 2 aromatic rings. The Labute approximate surface area is 213 Å². The van der Waals surface area contributed by atoms with E-state index in [0.717, 1.165) is 24.8 Å². The summed E-state index contributed by atoms with van der Waals surface area (Å²) in [6, 6.07) is 7.48. The number of halogens is 1. The number of hydrogen-bond donors (Lipinski definition) is 7. The molecule has 1 aromatic heterocycles. The molecule has 1 aromatic carbocycles. The fourth-order valence-electron chi connectivity index (χ4n) is 2.46. The molecule has 10 N–H and O–H groups in total. The van der Waals surface area contributed by atoms with Crippen LogP contribution in [-0.2, 0) is 16.5 Å². The first-order valence-corrected chi connectivity index (χ1v) is 12.7. The van der Waals surface area contributed by atoms with Crippen LogP contribution in [0.1, 0.15) is 28.9 Å². The molecule has 0 unspecified atom stereocenters. The predicted molar refractivity (Wildman–Crippen MR) is 135 cm³/mol. The second-order valence-corrected chi connectivity index (χ2v) is 9.16. The summed E-state index contributed by atoms with van der Waals surface area (Å²) in [6.07, 6.45) is 2.27. The summed E-state index contributed by atoms with van der Waals surface area (Å²) < 4.78 is 31.2. The van der Waals surface area contributed by atoms with E-state index in [4.69, 9.17) is 43.2 Å². The minimum Gasteiger partial charge on any atom is -0.491 e. The van der Waals surface area contributed by atoms with Crippen LogP contribution in [0.4, 0.5) is 11.6 Å². The second-order valence-electron chi connectivity index (χ2n) is 7.34. The van der Waals surface area contributed by atoms with Gasteiger partial charge in [-0.25, -0.2) is 9.97 Å². The maximum absolute atomic E-state index is 12.2. The van der Waals surface area contributed by atoms with E-state index in [9.17, 15) is 18.3 Å². The number of nitrogens with zero attached hydrogens (tertiary/aromatic N) is 3. The third-order valence-corrected chi connectivity index (χ3v) is 4.37. The molecule has 0 radical (unpaired) electrons. The lowest BCUT2D eigenvalue weighted by atomic mass is 10.1. The van der Waals surface area contributed by atoms with Crippen molar-refractivity contribution >= 4 is 45.2 Å². The molecular weight excluding hydrogens is 518 g/mol. The van der Waals surface area contributed by atoms with Gasteiger partial charge >= 0.3 is 0 Å². The summed E-state index contributed by atoms with van der Waals surface area (Å²) in [6.45, 7) is 0.124. The van der Waals surface area contributed by atoms with Gasteiger partial charge in [0, 0.05) is 6.54 Å². The van der Waals surface area contributed by atoms with Gasteiger partial charge in [-0.05, 0) is 37.0 Å². The standard InChI is InChI=1S/C19H26ClN7O4.CH4O3S/c20-15-17(22)26-16(21)14(25-15)18(30)27-19(23)24-8-2-1-3-11-4-6-13(7-5-11)31-10-12(29)9-28;1-5(2,3)4/h4-7,12,28-29H,1-3,8-10H2,(H4,21,22,26)(H3,23,24,27,30);1H3,(H,2,3,4)/t12-;/m1./s1. The zero-order valence-corrected chi connectivity index (χ0v) is 21.0.